The first-order chi connectivity index (χ1) is 15.0. The van der Waals surface area contributed by atoms with Crippen molar-refractivity contribution in [1.29, 1.82) is 0 Å². The number of carbonyl (C=O) groups is 2. The lowest BCUT2D eigenvalue weighted by Crippen LogP contribution is -2.50. The van der Waals surface area contributed by atoms with Crippen LogP contribution in [0.25, 0.3) is 5.69 Å². The molecule has 0 spiro atoms. The van der Waals surface area contributed by atoms with Crippen LogP contribution in [-0.4, -0.2) is 63.6 Å². The van der Waals surface area contributed by atoms with Crippen LogP contribution in [0.3, 0.4) is 0 Å². The zero-order valence-electron chi connectivity index (χ0n) is 16.8. The minimum absolute atomic E-state index is 0.0504. The summed E-state index contributed by atoms with van der Waals surface area (Å²) in [6.07, 6.45) is 5.58. The Morgan fingerprint density at radius 1 is 0.903 bits per heavy atom. The molecule has 6 nitrogen and oxygen atoms in total. The van der Waals surface area contributed by atoms with Gasteiger partial charge in [-0.15, -0.1) is 0 Å². The van der Waals surface area contributed by atoms with Gasteiger partial charge in [0.25, 0.3) is 11.8 Å². The van der Waals surface area contributed by atoms with Crippen molar-refractivity contribution in [3.8, 4) is 5.69 Å². The SMILES string of the molecule is CSc1nccn1-c1cccc(C(=O)N2CCN(C(=O)c3cc(Cl)cc(Cl)c3)CC2)c1. The molecule has 0 radical (unpaired) electrons. The second kappa shape index (κ2) is 9.34. The molecular weight excluding hydrogens is 455 g/mol. The number of thioether (sulfide) groups is 1. The van der Waals surface area contributed by atoms with Gasteiger partial charge < -0.3 is 9.80 Å². The minimum Gasteiger partial charge on any atom is -0.335 e. The summed E-state index contributed by atoms with van der Waals surface area (Å²) in [5.41, 5.74) is 1.95. The van der Waals surface area contributed by atoms with Crippen molar-refractivity contribution in [2.75, 3.05) is 32.4 Å². The molecular formula is C22H20Cl2N4O2S. The molecule has 0 bridgehead atoms. The number of amides is 2. The molecule has 0 unspecified atom stereocenters. The predicted octanol–water partition coefficient (Wildman–Crippen LogP) is 4.50. The first kappa shape index (κ1) is 21.7. The van der Waals surface area contributed by atoms with Gasteiger partial charge in [0.1, 0.15) is 0 Å². The number of aromatic nitrogens is 2. The lowest BCUT2D eigenvalue weighted by molar-refractivity contribution is 0.0535. The van der Waals surface area contributed by atoms with Crippen LogP contribution in [-0.2, 0) is 0 Å². The molecule has 31 heavy (non-hydrogen) atoms. The highest BCUT2D eigenvalue weighted by molar-refractivity contribution is 7.98. The molecule has 3 aromatic rings. The average Bonchev–Trinajstić information content (AvgIpc) is 3.27. The lowest BCUT2D eigenvalue weighted by atomic mass is 10.1. The minimum atomic E-state index is -0.136. The summed E-state index contributed by atoms with van der Waals surface area (Å²) < 4.78 is 1.95. The van der Waals surface area contributed by atoms with Crippen LogP contribution >= 0.6 is 35.0 Å². The number of hydrogen-bond acceptors (Lipinski definition) is 4. The fourth-order valence-corrected chi connectivity index (χ4v) is 4.64. The van der Waals surface area contributed by atoms with Crippen LogP contribution in [0, 0.1) is 0 Å². The van der Waals surface area contributed by atoms with E-state index in [2.05, 4.69) is 4.98 Å². The maximum Gasteiger partial charge on any atom is 0.254 e. The number of hydrogen-bond donors (Lipinski definition) is 0. The topological polar surface area (TPSA) is 58.4 Å². The van der Waals surface area contributed by atoms with Gasteiger partial charge in [0.15, 0.2) is 5.16 Å². The van der Waals surface area contributed by atoms with Crippen molar-refractivity contribution < 1.29 is 9.59 Å². The zero-order chi connectivity index (χ0) is 22.0. The summed E-state index contributed by atoms with van der Waals surface area (Å²) in [7, 11) is 0. The van der Waals surface area contributed by atoms with Gasteiger partial charge in [-0.25, -0.2) is 4.98 Å². The molecule has 2 amide bonds. The van der Waals surface area contributed by atoms with E-state index in [0.717, 1.165) is 10.8 Å². The van der Waals surface area contributed by atoms with Crippen LogP contribution in [0.5, 0.6) is 0 Å². The van der Waals surface area contributed by atoms with Crippen molar-refractivity contribution in [3.05, 3.63) is 76.0 Å². The highest BCUT2D eigenvalue weighted by atomic mass is 35.5. The summed E-state index contributed by atoms with van der Waals surface area (Å²) in [5.74, 6) is -0.186. The van der Waals surface area contributed by atoms with Crippen molar-refractivity contribution in [2.45, 2.75) is 5.16 Å². The number of imidazole rings is 1. The normalized spacial score (nSPS) is 14.0. The first-order valence-corrected chi connectivity index (χ1v) is 11.7. The molecule has 1 aliphatic heterocycles. The van der Waals surface area contributed by atoms with Crippen LogP contribution in [0.1, 0.15) is 20.7 Å². The molecule has 0 aliphatic carbocycles. The number of piperazine rings is 1. The molecule has 2 aromatic carbocycles. The molecule has 0 saturated carbocycles. The Morgan fingerprint density at radius 2 is 1.52 bits per heavy atom. The number of halogens is 2. The third-order valence-electron chi connectivity index (χ3n) is 5.12. The maximum absolute atomic E-state index is 13.1. The summed E-state index contributed by atoms with van der Waals surface area (Å²) in [5, 5.41) is 1.71. The van der Waals surface area contributed by atoms with E-state index in [4.69, 9.17) is 23.2 Å². The second-order valence-electron chi connectivity index (χ2n) is 7.08. The molecule has 160 valence electrons. The van der Waals surface area contributed by atoms with E-state index in [-0.39, 0.29) is 11.8 Å². The van der Waals surface area contributed by atoms with Gasteiger partial charge in [-0.1, -0.05) is 41.0 Å². The van der Waals surface area contributed by atoms with E-state index in [1.807, 2.05) is 41.3 Å². The van der Waals surface area contributed by atoms with E-state index in [1.54, 1.807) is 46.0 Å². The Bertz CT molecular complexity index is 1110. The molecule has 1 aromatic heterocycles. The maximum atomic E-state index is 13.1. The Hall–Kier alpha value is -2.48. The Morgan fingerprint density at radius 3 is 2.13 bits per heavy atom. The Labute approximate surface area is 194 Å². The van der Waals surface area contributed by atoms with Crippen LogP contribution in [0.4, 0.5) is 0 Å². The molecule has 1 saturated heterocycles. The number of carbonyl (C=O) groups excluding carboxylic acids is 2. The van der Waals surface area contributed by atoms with Crippen LogP contribution < -0.4 is 0 Å². The highest BCUT2D eigenvalue weighted by Crippen LogP contribution is 2.22. The number of benzene rings is 2. The third-order valence-corrected chi connectivity index (χ3v) is 6.23. The fourth-order valence-electron chi connectivity index (χ4n) is 3.58. The number of rotatable bonds is 4. The quantitative estimate of drug-likeness (QED) is 0.522. The summed E-state index contributed by atoms with van der Waals surface area (Å²) in [6, 6.07) is 12.3. The highest BCUT2D eigenvalue weighted by Gasteiger charge is 2.26. The van der Waals surface area contributed by atoms with Gasteiger partial charge in [-0.2, -0.15) is 0 Å². The average molecular weight is 475 g/mol. The van der Waals surface area contributed by atoms with Gasteiger partial charge in [0, 0.05) is 65.4 Å². The van der Waals surface area contributed by atoms with Gasteiger partial charge in [0.05, 0.1) is 0 Å². The zero-order valence-corrected chi connectivity index (χ0v) is 19.1. The largest absolute Gasteiger partial charge is 0.335 e. The van der Waals surface area contributed by atoms with E-state index in [0.29, 0.717) is 47.4 Å². The molecule has 4 rings (SSSR count). The Kier molecular flexibility index (Phi) is 6.55. The molecule has 1 fully saturated rings. The third kappa shape index (κ3) is 4.74. The predicted molar refractivity (Wildman–Crippen MR) is 124 cm³/mol. The molecule has 0 atom stereocenters. The summed E-state index contributed by atoms with van der Waals surface area (Å²) in [4.78, 5) is 33.7. The van der Waals surface area contributed by atoms with E-state index < -0.39 is 0 Å². The van der Waals surface area contributed by atoms with Crippen molar-refractivity contribution in [1.82, 2.24) is 19.4 Å². The first-order valence-electron chi connectivity index (χ1n) is 9.68. The number of nitrogens with zero attached hydrogens (tertiary/aromatic N) is 4. The van der Waals surface area contributed by atoms with Crippen LogP contribution in [0.15, 0.2) is 60.0 Å². The monoisotopic (exact) mass is 474 g/mol. The van der Waals surface area contributed by atoms with E-state index in [1.165, 1.54) is 0 Å². The Balaban J connectivity index is 1.44. The summed E-state index contributed by atoms with van der Waals surface area (Å²) in [6.45, 7) is 1.83. The molecule has 9 heteroatoms. The van der Waals surface area contributed by atoms with Gasteiger partial charge in [-0.3, -0.25) is 14.2 Å². The smallest absolute Gasteiger partial charge is 0.254 e. The lowest BCUT2D eigenvalue weighted by Gasteiger charge is -2.35. The van der Waals surface area contributed by atoms with E-state index in [9.17, 15) is 9.59 Å². The van der Waals surface area contributed by atoms with Crippen molar-refractivity contribution in [3.63, 3.8) is 0 Å². The molecule has 1 aliphatic rings. The summed E-state index contributed by atoms with van der Waals surface area (Å²) >= 11 is 13.6. The molecule has 2 heterocycles. The van der Waals surface area contributed by atoms with E-state index >= 15 is 0 Å². The van der Waals surface area contributed by atoms with Gasteiger partial charge in [-0.05, 0) is 42.7 Å². The molecule has 0 N–H and O–H groups in total. The standard InChI is InChI=1S/C22H20Cl2N4O2S/c1-31-22-25-5-6-28(22)19-4-2-3-15(13-19)20(29)26-7-9-27(10-8-26)21(30)16-11-17(23)14-18(24)12-16/h2-6,11-14H,7-10H2,1H3. The van der Waals surface area contributed by atoms with Gasteiger partial charge >= 0.3 is 0 Å². The van der Waals surface area contributed by atoms with Crippen LogP contribution in [0.2, 0.25) is 10.0 Å². The second-order valence-corrected chi connectivity index (χ2v) is 8.72. The van der Waals surface area contributed by atoms with Crippen molar-refractivity contribution in [2.24, 2.45) is 0 Å². The fraction of sp³-hybridized carbons (Fsp3) is 0.227. The van der Waals surface area contributed by atoms with Gasteiger partial charge in [0.2, 0.25) is 0 Å². The van der Waals surface area contributed by atoms with Crippen molar-refractivity contribution >= 4 is 46.8 Å².